The molecule has 1 aromatic carbocycles. The van der Waals surface area contributed by atoms with Crippen molar-refractivity contribution in [3.63, 3.8) is 0 Å². The predicted molar refractivity (Wildman–Crippen MR) is 77.1 cm³/mol. The van der Waals surface area contributed by atoms with Gasteiger partial charge >= 0.3 is 0 Å². The highest BCUT2D eigenvalue weighted by molar-refractivity contribution is 5.41. The molecule has 2 aromatic rings. The van der Waals surface area contributed by atoms with E-state index in [1.807, 2.05) is 12.4 Å². The lowest BCUT2D eigenvalue weighted by Gasteiger charge is -2.33. The molecular weight excluding hydrogens is 234 g/mol. The van der Waals surface area contributed by atoms with Crippen molar-refractivity contribution in [3.8, 4) is 0 Å². The number of hydrogen-bond donors (Lipinski definition) is 0. The monoisotopic (exact) mass is 253 g/mol. The average Bonchev–Trinajstić information content (AvgIpc) is 2.50. The zero-order valence-corrected chi connectivity index (χ0v) is 11.1. The van der Waals surface area contributed by atoms with Gasteiger partial charge in [-0.05, 0) is 30.7 Å². The second-order valence-corrected chi connectivity index (χ2v) is 5.22. The van der Waals surface area contributed by atoms with E-state index in [2.05, 4.69) is 45.2 Å². The molecular formula is C16H19N3. The van der Waals surface area contributed by atoms with Crippen LogP contribution >= 0.6 is 0 Å². The van der Waals surface area contributed by atoms with Gasteiger partial charge in [0.25, 0.3) is 0 Å². The minimum Gasteiger partial charge on any atom is -0.369 e. The van der Waals surface area contributed by atoms with E-state index in [4.69, 9.17) is 0 Å². The Morgan fingerprint density at radius 3 is 2.37 bits per heavy atom. The van der Waals surface area contributed by atoms with Crippen LogP contribution in [0.5, 0.6) is 0 Å². The van der Waals surface area contributed by atoms with Crippen LogP contribution in [0.25, 0.3) is 0 Å². The van der Waals surface area contributed by atoms with Gasteiger partial charge in [0, 0.05) is 13.1 Å². The summed E-state index contributed by atoms with van der Waals surface area (Å²) < 4.78 is 0. The summed E-state index contributed by atoms with van der Waals surface area (Å²) in [7, 11) is 0. The number of aromatic nitrogens is 2. The quantitative estimate of drug-likeness (QED) is 0.842. The Balaban J connectivity index is 1.55. The lowest BCUT2D eigenvalue weighted by Crippen LogP contribution is -2.34. The molecule has 1 aromatic heterocycles. The van der Waals surface area contributed by atoms with Crippen LogP contribution in [-0.2, 0) is 6.42 Å². The Kier molecular flexibility index (Phi) is 3.73. The molecule has 98 valence electrons. The summed E-state index contributed by atoms with van der Waals surface area (Å²) in [4.78, 5) is 10.6. The van der Waals surface area contributed by atoms with Crippen molar-refractivity contribution in [2.75, 3.05) is 18.0 Å². The summed E-state index contributed by atoms with van der Waals surface area (Å²) in [5.74, 6) is 0.809. The third-order valence-electron chi connectivity index (χ3n) is 3.89. The molecule has 19 heavy (non-hydrogen) atoms. The van der Waals surface area contributed by atoms with E-state index in [0.717, 1.165) is 24.7 Å². The molecule has 1 aliphatic rings. The average molecular weight is 253 g/mol. The molecule has 0 radical (unpaired) electrons. The Morgan fingerprint density at radius 2 is 1.68 bits per heavy atom. The van der Waals surface area contributed by atoms with Gasteiger partial charge in [-0.15, -0.1) is 0 Å². The van der Waals surface area contributed by atoms with E-state index >= 15 is 0 Å². The minimum absolute atomic E-state index is 0.809. The van der Waals surface area contributed by atoms with Crippen molar-refractivity contribution in [1.82, 2.24) is 9.97 Å². The van der Waals surface area contributed by atoms with Gasteiger partial charge in [0.05, 0.1) is 18.1 Å². The Bertz CT molecular complexity index is 490. The van der Waals surface area contributed by atoms with Crippen LogP contribution in [0.2, 0.25) is 0 Å². The van der Waals surface area contributed by atoms with E-state index < -0.39 is 0 Å². The molecule has 0 spiro atoms. The number of hydrogen-bond acceptors (Lipinski definition) is 3. The third-order valence-corrected chi connectivity index (χ3v) is 3.89. The summed E-state index contributed by atoms with van der Waals surface area (Å²) in [5, 5.41) is 0. The summed E-state index contributed by atoms with van der Waals surface area (Å²) in [6.45, 7) is 2.23. The first-order valence-electron chi connectivity index (χ1n) is 6.96. The molecule has 1 aliphatic heterocycles. The normalized spacial score (nSPS) is 16.5. The van der Waals surface area contributed by atoms with Crippen LogP contribution in [0.4, 0.5) is 5.69 Å². The molecule has 2 heterocycles. The van der Waals surface area contributed by atoms with Crippen molar-refractivity contribution in [2.24, 2.45) is 5.92 Å². The summed E-state index contributed by atoms with van der Waals surface area (Å²) in [5.41, 5.74) is 2.62. The van der Waals surface area contributed by atoms with E-state index in [1.54, 1.807) is 6.33 Å². The fourth-order valence-corrected chi connectivity index (χ4v) is 2.80. The number of benzene rings is 1. The molecule has 0 unspecified atom stereocenters. The van der Waals surface area contributed by atoms with Gasteiger partial charge in [-0.1, -0.05) is 30.3 Å². The van der Waals surface area contributed by atoms with Crippen molar-refractivity contribution in [1.29, 1.82) is 0 Å². The molecule has 1 saturated heterocycles. The highest BCUT2D eigenvalue weighted by Crippen LogP contribution is 2.24. The summed E-state index contributed by atoms with van der Waals surface area (Å²) in [6.07, 6.45) is 9.12. The largest absolute Gasteiger partial charge is 0.369 e. The summed E-state index contributed by atoms with van der Waals surface area (Å²) in [6, 6.07) is 10.8. The van der Waals surface area contributed by atoms with Crippen LogP contribution in [0.15, 0.2) is 49.1 Å². The van der Waals surface area contributed by atoms with Crippen molar-refractivity contribution in [3.05, 3.63) is 54.6 Å². The van der Waals surface area contributed by atoms with E-state index in [-0.39, 0.29) is 0 Å². The lowest BCUT2D eigenvalue weighted by atomic mass is 9.90. The maximum atomic E-state index is 4.09. The number of anilines is 1. The maximum Gasteiger partial charge on any atom is 0.115 e. The van der Waals surface area contributed by atoms with Crippen LogP contribution in [0, 0.1) is 5.92 Å². The zero-order chi connectivity index (χ0) is 12.9. The highest BCUT2D eigenvalue weighted by Gasteiger charge is 2.19. The fourth-order valence-electron chi connectivity index (χ4n) is 2.80. The van der Waals surface area contributed by atoms with Gasteiger partial charge in [-0.3, -0.25) is 0 Å². The smallest absolute Gasteiger partial charge is 0.115 e. The molecule has 0 bridgehead atoms. The number of nitrogens with zero attached hydrogens (tertiary/aromatic N) is 3. The third kappa shape index (κ3) is 3.11. The van der Waals surface area contributed by atoms with Gasteiger partial charge < -0.3 is 4.90 Å². The molecule has 0 atom stereocenters. The maximum absolute atomic E-state index is 4.09. The molecule has 3 heteroatoms. The van der Waals surface area contributed by atoms with Crippen LogP contribution in [-0.4, -0.2) is 23.1 Å². The molecule has 0 aliphatic carbocycles. The van der Waals surface area contributed by atoms with E-state index in [0.29, 0.717) is 0 Å². The van der Waals surface area contributed by atoms with Gasteiger partial charge in [0.15, 0.2) is 0 Å². The van der Waals surface area contributed by atoms with Crippen molar-refractivity contribution in [2.45, 2.75) is 19.3 Å². The van der Waals surface area contributed by atoms with Crippen LogP contribution in [0.3, 0.4) is 0 Å². The highest BCUT2D eigenvalue weighted by atomic mass is 15.1. The predicted octanol–water partition coefficient (Wildman–Crippen LogP) is 2.94. The van der Waals surface area contributed by atoms with Crippen LogP contribution in [0.1, 0.15) is 18.4 Å². The minimum atomic E-state index is 0.809. The van der Waals surface area contributed by atoms with Gasteiger partial charge in [-0.2, -0.15) is 0 Å². The Labute approximate surface area is 114 Å². The molecule has 1 fully saturated rings. The van der Waals surface area contributed by atoms with Crippen molar-refractivity contribution >= 4 is 5.69 Å². The van der Waals surface area contributed by atoms with Crippen LogP contribution < -0.4 is 4.90 Å². The molecule has 3 nitrogen and oxygen atoms in total. The van der Waals surface area contributed by atoms with Crippen molar-refractivity contribution < 1.29 is 0 Å². The molecule has 3 rings (SSSR count). The second kappa shape index (κ2) is 5.83. The first-order valence-corrected chi connectivity index (χ1v) is 6.96. The second-order valence-electron chi connectivity index (χ2n) is 5.22. The molecule has 0 N–H and O–H groups in total. The first kappa shape index (κ1) is 12.2. The van der Waals surface area contributed by atoms with Gasteiger partial charge in [0.1, 0.15) is 6.33 Å². The first-order chi connectivity index (χ1) is 9.42. The van der Waals surface area contributed by atoms with E-state index in [1.165, 1.54) is 24.8 Å². The zero-order valence-electron chi connectivity index (χ0n) is 11.1. The Morgan fingerprint density at radius 1 is 1.00 bits per heavy atom. The number of piperidine rings is 1. The van der Waals surface area contributed by atoms with Gasteiger partial charge in [-0.25, -0.2) is 9.97 Å². The topological polar surface area (TPSA) is 29.0 Å². The number of rotatable bonds is 3. The standard InChI is InChI=1S/C16H19N3/c1-2-4-14(5-3-1)10-15-6-8-19(9-7-15)16-11-17-13-18-12-16/h1-5,11-13,15H,6-10H2. The molecule has 0 amide bonds. The van der Waals surface area contributed by atoms with Gasteiger partial charge in [0.2, 0.25) is 0 Å². The van der Waals surface area contributed by atoms with E-state index in [9.17, 15) is 0 Å². The molecule has 0 saturated carbocycles. The summed E-state index contributed by atoms with van der Waals surface area (Å²) >= 11 is 0. The SMILES string of the molecule is c1ccc(CC2CCN(c3cncnc3)CC2)cc1. The fraction of sp³-hybridized carbons (Fsp3) is 0.375. The Hall–Kier alpha value is -1.90. The lowest BCUT2D eigenvalue weighted by molar-refractivity contribution is 0.403.